The van der Waals surface area contributed by atoms with Gasteiger partial charge >= 0.3 is 51.4 Å². The predicted octanol–water partition coefficient (Wildman–Crippen LogP) is -3.52. The third kappa shape index (κ3) is 136. The molecule has 0 spiro atoms. The summed E-state index contributed by atoms with van der Waals surface area (Å²) in [7, 11) is 0. The summed E-state index contributed by atoms with van der Waals surface area (Å²) in [6, 6.07) is 0. The Morgan fingerprint density at radius 1 is 1.71 bits per heavy atom. The Morgan fingerprint density at radius 3 is 1.71 bits per heavy atom. The monoisotopic (exact) mass is 147 g/mol. The molecule has 1 N–H and O–H groups in total. The summed E-state index contributed by atoms with van der Waals surface area (Å²) in [5.74, 6) is 0. The minimum atomic E-state index is -2.86. The first-order chi connectivity index (χ1) is 2.73. The largest absolute Gasteiger partial charge is 1.00 e. The molecule has 0 amide bonds. The van der Waals surface area contributed by atoms with Crippen LogP contribution in [0, 0.1) is 11.8 Å². The Balaban J connectivity index is -0.0000000480. The predicted molar refractivity (Wildman–Crippen MR) is 18.2 cm³/mol. The van der Waals surface area contributed by atoms with Gasteiger partial charge in [-0.05, 0) is 0 Å². The molecule has 0 saturated heterocycles. The van der Waals surface area contributed by atoms with E-state index in [0.717, 1.165) is 0 Å². The third-order valence-electron chi connectivity index (χ3n) is 0. The molecule has 0 aromatic heterocycles. The van der Waals surface area contributed by atoms with Crippen LogP contribution in [-0.4, -0.2) is 13.3 Å². The Labute approximate surface area is 86.4 Å². The normalized spacial score (nSPS) is 9.14. The maximum atomic E-state index is 8.56. The van der Waals surface area contributed by atoms with Gasteiger partial charge in [-0.15, -0.1) is 0 Å². The van der Waals surface area contributed by atoms with Gasteiger partial charge in [-0.1, -0.05) is 0 Å². The minimum Gasteiger partial charge on any atom is -0.750 e. The van der Waals surface area contributed by atoms with Crippen molar-refractivity contribution in [2.24, 2.45) is 0 Å². The van der Waals surface area contributed by atoms with E-state index in [1.807, 2.05) is 0 Å². The molecule has 0 rings (SSSR count). The summed E-state index contributed by atoms with van der Waals surface area (Å²) in [5.41, 5.74) is 0. The van der Waals surface area contributed by atoms with Crippen LogP contribution in [0.4, 0.5) is 0 Å². The van der Waals surface area contributed by atoms with E-state index < -0.39 is 11.4 Å². The number of rotatable bonds is 0. The number of hydrogen-bond acceptors (Lipinski definition) is 3. The number of hydrogen-bond donors (Lipinski definition) is 1. The average Bonchev–Trinajstić information content (AvgIpc) is 1.41. The van der Waals surface area contributed by atoms with Crippen LogP contribution < -0.4 is 51.4 Å². The molecule has 0 heterocycles. The molecule has 0 aliphatic rings. The molecule has 0 aliphatic carbocycles. The molecule has 1 unspecified atom stereocenters. The van der Waals surface area contributed by atoms with Gasteiger partial charge < -0.3 is 9.11 Å². The Bertz CT molecular complexity index is 59.2. The van der Waals surface area contributed by atoms with Crippen LogP contribution in [0.15, 0.2) is 0 Å². The minimum absolute atomic E-state index is 0. The molecule has 0 aliphatic heterocycles. The van der Waals surface area contributed by atoms with E-state index >= 15 is 0 Å². The van der Waals surface area contributed by atoms with Crippen LogP contribution in [0.3, 0.4) is 0 Å². The van der Waals surface area contributed by atoms with E-state index in [4.69, 9.17) is 18.6 Å². The van der Waals surface area contributed by atoms with Gasteiger partial charge in [0.25, 0.3) is 0 Å². The van der Waals surface area contributed by atoms with E-state index in [1.54, 1.807) is 0 Å². The smallest absolute Gasteiger partial charge is 0.750 e. The van der Waals surface area contributed by atoms with Gasteiger partial charge in [0.1, 0.15) is 0 Å². The second kappa shape index (κ2) is 15.7. The molecule has 0 aromatic carbocycles. The third-order valence-corrected chi connectivity index (χ3v) is 0. The van der Waals surface area contributed by atoms with Gasteiger partial charge in [-0.2, -0.15) is 0 Å². The summed E-state index contributed by atoms with van der Waals surface area (Å²) in [4.78, 5) is 0. The summed E-state index contributed by atoms with van der Waals surface area (Å²) >= 11 is -2.86. The van der Waals surface area contributed by atoms with Crippen molar-refractivity contribution in [1.82, 2.24) is 0 Å². The Hall–Kier alpha value is 1.20. The molecular formula is CH2KNO3S. The van der Waals surface area contributed by atoms with Gasteiger partial charge in [0.2, 0.25) is 0 Å². The van der Waals surface area contributed by atoms with Crippen molar-refractivity contribution in [1.29, 1.82) is 5.26 Å². The fourth-order valence-electron chi connectivity index (χ4n) is 0. The molecular weight excluding hydrogens is 145 g/mol. The van der Waals surface area contributed by atoms with E-state index in [-0.39, 0.29) is 51.4 Å². The van der Waals surface area contributed by atoms with Gasteiger partial charge in [0.15, 0.2) is 0 Å². The van der Waals surface area contributed by atoms with Crippen molar-refractivity contribution in [3.63, 3.8) is 0 Å². The summed E-state index contributed by atoms with van der Waals surface area (Å²) in [6.45, 7) is 3.50. The van der Waals surface area contributed by atoms with Crippen molar-refractivity contribution in [3.8, 4) is 6.57 Å². The molecule has 0 saturated carbocycles. The molecule has 0 aromatic rings. The van der Waals surface area contributed by atoms with E-state index in [2.05, 4.69) is 6.57 Å². The maximum Gasteiger partial charge on any atom is 1.00 e. The molecule has 0 fully saturated rings. The molecule has 0 bridgehead atoms. The second-order valence-corrected chi connectivity index (χ2v) is 0.651. The topological polar surface area (TPSA) is 84.2 Å². The number of nitrogens with zero attached hydrogens (tertiary/aromatic N) is 1. The van der Waals surface area contributed by atoms with E-state index in [9.17, 15) is 0 Å². The second-order valence-electron chi connectivity index (χ2n) is 0.217. The van der Waals surface area contributed by atoms with Crippen molar-refractivity contribution >= 4 is 11.4 Å². The molecule has 6 heteroatoms. The summed E-state index contributed by atoms with van der Waals surface area (Å²) < 4.78 is 24.1. The number of nitriles is 1. The zero-order valence-corrected chi connectivity index (χ0v) is 7.64. The molecule has 1 atom stereocenters. The molecule has 7 heavy (non-hydrogen) atoms. The zero-order valence-electron chi connectivity index (χ0n) is 3.70. The Morgan fingerprint density at radius 2 is 1.71 bits per heavy atom. The first-order valence-corrected chi connectivity index (χ1v) is 1.81. The van der Waals surface area contributed by atoms with Gasteiger partial charge in [-0.3, -0.25) is 0 Å². The summed E-state index contributed by atoms with van der Waals surface area (Å²) in [5, 5.41) is 6.50. The van der Waals surface area contributed by atoms with Crippen molar-refractivity contribution in [2.75, 3.05) is 0 Å². The SMILES string of the molecule is C#N.O=S([O-])O.[K+]. The molecule has 4 nitrogen and oxygen atoms in total. The van der Waals surface area contributed by atoms with Crippen LogP contribution in [0.1, 0.15) is 0 Å². The Kier molecular flexibility index (Phi) is 35.2. The maximum absolute atomic E-state index is 8.56. The molecule has 0 radical (unpaired) electrons. The first-order valence-electron chi connectivity index (χ1n) is 0.774. The fraction of sp³-hybridized carbons (Fsp3) is 0. The van der Waals surface area contributed by atoms with Crippen LogP contribution in [0.25, 0.3) is 0 Å². The van der Waals surface area contributed by atoms with Crippen molar-refractivity contribution in [2.45, 2.75) is 0 Å². The molecule has 36 valence electrons. The van der Waals surface area contributed by atoms with Gasteiger partial charge in [0, 0.05) is 6.57 Å². The van der Waals surface area contributed by atoms with Crippen LogP contribution >= 0.6 is 0 Å². The van der Waals surface area contributed by atoms with Crippen LogP contribution in [0.2, 0.25) is 0 Å². The standard InChI is InChI=1S/CHN.K.H2O3S/c1-2;;1-4(2)3/h1H;;(H2,1,2,3)/q;+1;/p-1. The summed E-state index contributed by atoms with van der Waals surface area (Å²) in [6.07, 6.45) is 0. The van der Waals surface area contributed by atoms with Gasteiger partial charge in [-0.25, -0.2) is 9.47 Å². The van der Waals surface area contributed by atoms with Crippen molar-refractivity contribution < 1.29 is 64.7 Å². The van der Waals surface area contributed by atoms with E-state index in [1.165, 1.54) is 0 Å². The first kappa shape index (κ1) is 15.7. The zero-order chi connectivity index (χ0) is 5.58. The quantitative estimate of drug-likeness (QED) is 0.284. The van der Waals surface area contributed by atoms with Crippen molar-refractivity contribution in [3.05, 3.63) is 0 Å². The van der Waals surface area contributed by atoms with Gasteiger partial charge in [0.05, 0.1) is 11.4 Å². The average molecular weight is 147 g/mol. The van der Waals surface area contributed by atoms with E-state index in [0.29, 0.717) is 0 Å². The fourth-order valence-corrected chi connectivity index (χ4v) is 0. The van der Waals surface area contributed by atoms with Crippen LogP contribution in [-0.2, 0) is 11.4 Å². The van der Waals surface area contributed by atoms with Crippen LogP contribution in [0.5, 0.6) is 0 Å².